The van der Waals surface area contributed by atoms with Crippen LogP contribution in [-0.4, -0.2) is 23.0 Å². The highest BCUT2D eigenvalue weighted by Gasteiger charge is 2.13. The van der Waals surface area contributed by atoms with Crippen LogP contribution in [0, 0.1) is 5.82 Å². The van der Waals surface area contributed by atoms with Crippen LogP contribution in [0.5, 0.6) is 5.75 Å². The molecule has 1 N–H and O–H groups in total. The van der Waals surface area contributed by atoms with Crippen molar-refractivity contribution in [1.82, 2.24) is 9.97 Å². The number of carbonyl (C=O) groups is 1. The summed E-state index contributed by atoms with van der Waals surface area (Å²) in [5.41, 5.74) is 2.94. The van der Waals surface area contributed by atoms with Gasteiger partial charge in [-0.25, -0.2) is 14.4 Å². The molecule has 4 aromatic rings. The van der Waals surface area contributed by atoms with E-state index >= 15 is 0 Å². The molecule has 2 aromatic heterocycles. The van der Waals surface area contributed by atoms with Crippen LogP contribution in [0.2, 0.25) is 0 Å². The first-order valence-electron chi connectivity index (χ1n) is 8.71. The van der Waals surface area contributed by atoms with Gasteiger partial charge in [0.15, 0.2) is 16.7 Å². The predicted molar refractivity (Wildman–Crippen MR) is 114 cm³/mol. The van der Waals surface area contributed by atoms with Crippen molar-refractivity contribution >= 4 is 33.7 Å². The lowest BCUT2D eigenvalue weighted by molar-refractivity contribution is -0.115. The Bertz CT molecular complexity index is 1140. The van der Waals surface area contributed by atoms with Crippen molar-refractivity contribution in [1.29, 1.82) is 0 Å². The SMILES string of the molecule is COc1ccc(-c2csc(NC(=O)Cc3csc(-c4ccccc4)n3)n2)cc1F. The molecule has 8 heteroatoms. The molecule has 4 rings (SSSR count). The van der Waals surface area contributed by atoms with E-state index < -0.39 is 5.82 Å². The smallest absolute Gasteiger partial charge is 0.232 e. The number of aromatic nitrogens is 2. The molecule has 0 saturated heterocycles. The van der Waals surface area contributed by atoms with Crippen LogP contribution in [-0.2, 0) is 11.2 Å². The first-order valence-corrected chi connectivity index (χ1v) is 10.5. The average molecular weight is 426 g/mol. The van der Waals surface area contributed by atoms with E-state index in [9.17, 15) is 9.18 Å². The van der Waals surface area contributed by atoms with Gasteiger partial charge in [0.05, 0.1) is 24.9 Å². The van der Waals surface area contributed by atoms with Gasteiger partial charge in [-0.1, -0.05) is 30.3 Å². The Morgan fingerprint density at radius 2 is 1.90 bits per heavy atom. The second-order valence-corrected chi connectivity index (χ2v) is 7.84. The molecule has 0 bridgehead atoms. The molecule has 0 atom stereocenters. The predicted octanol–water partition coefficient (Wildman–Crippen LogP) is 5.26. The summed E-state index contributed by atoms with van der Waals surface area (Å²) < 4.78 is 18.8. The number of rotatable bonds is 6. The van der Waals surface area contributed by atoms with Crippen LogP contribution in [0.1, 0.15) is 5.69 Å². The van der Waals surface area contributed by atoms with Crippen molar-refractivity contribution in [3.8, 4) is 27.6 Å². The number of amides is 1. The number of nitrogens with zero attached hydrogens (tertiary/aromatic N) is 2. The number of halogens is 1. The third-order valence-electron chi connectivity index (χ3n) is 4.11. The van der Waals surface area contributed by atoms with Gasteiger partial charge in [0.1, 0.15) is 5.01 Å². The van der Waals surface area contributed by atoms with Crippen LogP contribution in [0.15, 0.2) is 59.3 Å². The Balaban J connectivity index is 1.41. The number of thiazole rings is 2. The molecule has 0 aliphatic carbocycles. The molecular weight excluding hydrogens is 409 g/mol. The zero-order valence-electron chi connectivity index (χ0n) is 15.4. The van der Waals surface area contributed by atoms with E-state index in [0.717, 1.165) is 10.6 Å². The highest BCUT2D eigenvalue weighted by molar-refractivity contribution is 7.14. The van der Waals surface area contributed by atoms with Gasteiger partial charge in [-0.3, -0.25) is 4.79 Å². The molecule has 29 heavy (non-hydrogen) atoms. The Hall–Kier alpha value is -3.10. The maximum atomic E-state index is 13.9. The second-order valence-electron chi connectivity index (χ2n) is 6.12. The Kier molecular flexibility index (Phi) is 5.64. The maximum Gasteiger partial charge on any atom is 0.232 e. The fourth-order valence-electron chi connectivity index (χ4n) is 2.72. The van der Waals surface area contributed by atoms with Crippen molar-refractivity contribution in [2.75, 3.05) is 12.4 Å². The van der Waals surface area contributed by atoms with Crippen LogP contribution in [0.25, 0.3) is 21.8 Å². The summed E-state index contributed by atoms with van der Waals surface area (Å²) in [6, 6.07) is 14.5. The molecule has 146 valence electrons. The average Bonchev–Trinajstić information content (AvgIpc) is 3.38. The molecule has 1 amide bonds. The van der Waals surface area contributed by atoms with E-state index in [-0.39, 0.29) is 18.1 Å². The fourth-order valence-corrected chi connectivity index (χ4v) is 4.28. The van der Waals surface area contributed by atoms with Gasteiger partial charge in [0, 0.05) is 21.9 Å². The molecule has 0 aliphatic heterocycles. The van der Waals surface area contributed by atoms with Gasteiger partial charge in [0.2, 0.25) is 5.91 Å². The van der Waals surface area contributed by atoms with Crippen LogP contribution in [0.4, 0.5) is 9.52 Å². The summed E-state index contributed by atoms with van der Waals surface area (Å²) in [6.07, 6.45) is 0.162. The van der Waals surface area contributed by atoms with Crippen molar-refractivity contribution in [2.24, 2.45) is 0 Å². The number of carbonyl (C=O) groups excluding carboxylic acids is 1. The van der Waals surface area contributed by atoms with E-state index in [4.69, 9.17) is 4.74 Å². The quantitative estimate of drug-likeness (QED) is 0.458. The molecule has 0 fully saturated rings. The van der Waals surface area contributed by atoms with Crippen LogP contribution >= 0.6 is 22.7 Å². The lowest BCUT2D eigenvalue weighted by Gasteiger charge is -2.03. The summed E-state index contributed by atoms with van der Waals surface area (Å²) in [7, 11) is 1.42. The van der Waals surface area contributed by atoms with E-state index in [1.54, 1.807) is 17.5 Å². The highest BCUT2D eigenvalue weighted by atomic mass is 32.1. The number of hydrogen-bond acceptors (Lipinski definition) is 6. The van der Waals surface area contributed by atoms with Crippen molar-refractivity contribution in [3.63, 3.8) is 0 Å². The van der Waals surface area contributed by atoms with Gasteiger partial charge >= 0.3 is 0 Å². The lowest BCUT2D eigenvalue weighted by atomic mass is 10.1. The molecule has 2 heterocycles. The summed E-state index contributed by atoms with van der Waals surface area (Å²) in [4.78, 5) is 21.3. The minimum Gasteiger partial charge on any atom is -0.494 e. The number of benzene rings is 2. The van der Waals surface area contributed by atoms with Gasteiger partial charge in [-0.05, 0) is 18.2 Å². The lowest BCUT2D eigenvalue weighted by Crippen LogP contribution is -2.14. The van der Waals surface area contributed by atoms with E-state index in [2.05, 4.69) is 15.3 Å². The molecule has 0 unspecified atom stereocenters. The molecular formula is C21H16FN3O2S2. The Morgan fingerprint density at radius 3 is 2.66 bits per heavy atom. The highest BCUT2D eigenvalue weighted by Crippen LogP contribution is 2.29. The van der Waals surface area contributed by atoms with Crippen LogP contribution < -0.4 is 10.1 Å². The summed E-state index contributed by atoms with van der Waals surface area (Å²) in [6.45, 7) is 0. The fraction of sp³-hybridized carbons (Fsp3) is 0.0952. The van der Waals surface area contributed by atoms with Crippen LogP contribution in [0.3, 0.4) is 0 Å². The standard InChI is InChI=1S/C21H16FN3O2S2/c1-27-18-8-7-14(9-16(18)22)17-12-29-21(24-17)25-19(26)10-15-11-28-20(23-15)13-5-3-2-4-6-13/h2-9,11-12H,10H2,1H3,(H,24,25,26). The van der Waals surface area contributed by atoms with Gasteiger partial charge in [-0.15, -0.1) is 22.7 Å². The van der Waals surface area contributed by atoms with Gasteiger partial charge < -0.3 is 10.1 Å². The monoisotopic (exact) mass is 425 g/mol. The van der Waals surface area contributed by atoms with Crippen molar-refractivity contribution < 1.29 is 13.9 Å². The number of hydrogen-bond donors (Lipinski definition) is 1. The molecule has 2 aromatic carbocycles. The molecule has 5 nitrogen and oxygen atoms in total. The summed E-state index contributed by atoms with van der Waals surface area (Å²) in [5, 5.41) is 7.78. The third kappa shape index (κ3) is 4.49. The molecule has 0 radical (unpaired) electrons. The zero-order valence-corrected chi connectivity index (χ0v) is 17.0. The zero-order chi connectivity index (χ0) is 20.2. The maximum absolute atomic E-state index is 13.9. The molecule has 0 spiro atoms. The first-order chi connectivity index (χ1) is 14.1. The molecule has 0 aliphatic rings. The number of nitrogens with one attached hydrogen (secondary N) is 1. The van der Waals surface area contributed by atoms with Gasteiger partial charge in [0.25, 0.3) is 0 Å². The largest absolute Gasteiger partial charge is 0.494 e. The minimum absolute atomic E-state index is 0.162. The first kappa shape index (κ1) is 19.2. The number of ether oxygens (including phenoxy) is 1. The number of methoxy groups -OCH3 is 1. The van der Waals surface area contributed by atoms with E-state index in [0.29, 0.717) is 22.1 Å². The summed E-state index contributed by atoms with van der Waals surface area (Å²) >= 11 is 2.79. The van der Waals surface area contributed by atoms with Crippen molar-refractivity contribution in [3.05, 3.63) is 70.8 Å². The van der Waals surface area contributed by atoms with Gasteiger partial charge in [-0.2, -0.15) is 0 Å². The molecule has 0 saturated carbocycles. The summed E-state index contributed by atoms with van der Waals surface area (Å²) in [5.74, 6) is -0.478. The van der Waals surface area contributed by atoms with E-state index in [1.165, 1.54) is 35.8 Å². The topological polar surface area (TPSA) is 64.1 Å². The third-order valence-corrected chi connectivity index (χ3v) is 5.81. The normalized spacial score (nSPS) is 10.7. The van der Waals surface area contributed by atoms with Crippen molar-refractivity contribution in [2.45, 2.75) is 6.42 Å². The minimum atomic E-state index is -0.457. The van der Waals surface area contributed by atoms with E-state index in [1.807, 2.05) is 35.7 Å². The number of anilines is 1. The Labute approximate surface area is 174 Å². The second kappa shape index (κ2) is 8.50. The Morgan fingerprint density at radius 1 is 1.07 bits per heavy atom.